The van der Waals surface area contributed by atoms with E-state index in [1.807, 2.05) is 5.43 Å². The monoisotopic (exact) mass is 354 g/mol. The van der Waals surface area contributed by atoms with E-state index in [9.17, 15) is 9.59 Å². The minimum atomic E-state index is -0.516. The topological polar surface area (TPSA) is 120 Å². The number of benzene rings is 2. The Bertz CT molecular complexity index is 877. The lowest BCUT2D eigenvalue weighted by Gasteiger charge is -2.30. The van der Waals surface area contributed by atoms with Crippen LogP contribution in [0.1, 0.15) is 5.56 Å². The van der Waals surface area contributed by atoms with Crippen LogP contribution in [-0.4, -0.2) is 25.5 Å². The summed E-state index contributed by atoms with van der Waals surface area (Å²) in [6.07, 6.45) is 1.59. The second-order valence-corrected chi connectivity index (χ2v) is 5.57. The lowest BCUT2D eigenvalue weighted by molar-refractivity contribution is -0.123. The van der Waals surface area contributed by atoms with E-state index in [0.717, 1.165) is 5.56 Å². The molecule has 5 N–H and O–H groups in total. The van der Waals surface area contributed by atoms with Crippen molar-refractivity contribution in [2.75, 3.05) is 24.3 Å². The number of rotatable bonds is 4. The van der Waals surface area contributed by atoms with Gasteiger partial charge in [-0.05, 0) is 42.0 Å². The van der Waals surface area contributed by atoms with E-state index in [-0.39, 0.29) is 12.3 Å². The molecule has 134 valence electrons. The van der Waals surface area contributed by atoms with Crippen LogP contribution in [0.2, 0.25) is 0 Å². The number of fused-ring (bicyclic) bond motifs is 1. The van der Waals surface area contributed by atoms with Gasteiger partial charge in [-0.3, -0.25) is 19.9 Å². The normalized spacial score (nSPS) is 14.6. The van der Waals surface area contributed by atoms with Crippen LogP contribution >= 0.6 is 0 Å². The summed E-state index contributed by atoms with van der Waals surface area (Å²) in [5, 5.41) is 0. The Morgan fingerprint density at radius 1 is 1.27 bits per heavy atom. The minimum Gasteiger partial charge on any atom is -0.497 e. The largest absolute Gasteiger partial charge is 0.497 e. The number of nitrogens with one attached hydrogen (secondary N) is 1. The molecule has 0 fully saturated rings. The molecule has 0 saturated heterocycles. The molecular weight excluding hydrogens is 336 g/mol. The highest BCUT2D eigenvalue weighted by Gasteiger charge is 2.31. The fourth-order valence-electron chi connectivity index (χ4n) is 2.53. The quantitative estimate of drug-likeness (QED) is 0.248. The van der Waals surface area contributed by atoms with E-state index in [0.29, 0.717) is 22.9 Å². The number of carbonyl (C=O) groups is 2. The predicted molar refractivity (Wildman–Crippen MR) is 97.1 cm³/mol. The van der Waals surface area contributed by atoms with Crippen LogP contribution in [0.25, 0.3) is 6.08 Å². The lowest BCUT2D eigenvalue weighted by Crippen LogP contribution is -2.45. The van der Waals surface area contributed by atoms with Crippen molar-refractivity contribution in [1.82, 2.24) is 5.43 Å². The molecule has 2 aromatic rings. The number of hydrogen-bond acceptors (Lipinski definition) is 6. The molecule has 8 nitrogen and oxygen atoms in total. The van der Waals surface area contributed by atoms with Gasteiger partial charge in [-0.25, -0.2) is 5.84 Å². The highest BCUT2D eigenvalue weighted by molar-refractivity contribution is 6.12. The van der Waals surface area contributed by atoms with Crippen LogP contribution in [0.3, 0.4) is 0 Å². The fraction of sp³-hybridized carbons (Fsp3) is 0.111. The molecule has 0 aliphatic carbocycles. The van der Waals surface area contributed by atoms with Crippen molar-refractivity contribution in [3.63, 3.8) is 0 Å². The highest BCUT2D eigenvalue weighted by Crippen LogP contribution is 2.37. The minimum absolute atomic E-state index is 0.0808. The zero-order valence-corrected chi connectivity index (χ0v) is 14.1. The van der Waals surface area contributed by atoms with Crippen molar-refractivity contribution in [3.05, 3.63) is 53.8 Å². The molecule has 8 heteroatoms. The van der Waals surface area contributed by atoms with Crippen molar-refractivity contribution in [3.8, 4) is 11.5 Å². The maximum absolute atomic E-state index is 12.8. The highest BCUT2D eigenvalue weighted by atomic mass is 16.5. The first-order valence-corrected chi connectivity index (χ1v) is 7.76. The van der Waals surface area contributed by atoms with Gasteiger partial charge >= 0.3 is 0 Å². The third kappa shape index (κ3) is 3.45. The molecule has 0 saturated carbocycles. The van der Waals surface area contributed by atoms with E-state index < -0.39 is 11.8 Å². The molecule has 0 radical (unpaired) electrons. The Kier molecular flexibility index (Phi) is 4.76. The molecule has 0 aromatic heterocycles. The molecular formula is C18H18N4O4. The molecule has 0 spiro atoms. The first kappa shape index (κ1) is 17.3. The van der Waals surface area contributed by atoms with Crippen molar-refractivity contribution < 1.29 is 19.1 Å². The third-order valence-corrected chi connectivity index (χ3v) is 3.83. The number of ether oxygens (including phenoxy) is 2. The summed E-state index contributed by atoms with van der Waals surface area (Å²) in [6, 6.07) is 12.0. The Labute approximate surface area is 149 Å². The molecule has 1 aliphatic rings. The van der Waals surface area contributed by atoms with Gasteiger partial charge < -0.3 is 15.2 Å². The first-order chi connectivity index (χ1) is 12.5. The smallest absolute Gasteiger partial charge is 0.294 e. The van der Waals surface area contributed by atoms with Gasteiger partial charge in [0, 0.05) is 5.69 Å². The number of hydrogen-bond donors (Lipinski definition) is 3. The molecule has 3 rings (SSSR count). The summed E-state index contributed by atoms with van der Waals surface area (Å²) >= 11 is 0. The zero-order chi connectivity index (χ0) is 18.7. The van der Waals surface area contributed by atoms with Gasteiger partial charge in [-0.2, -0.15) is 0 Å². The third-order valence-electron chi connectivity index (χ3n) is 3.83. The van der Waals surface area contributed by atoms with Gasteiger partial charge in [-0.1, -0.05) is 12.1 Å². The Morgan fingerprint density at radius 2 is 2.00 bits per heavy atom. The van der Waals surface area contributed by atoms with Crippen LogP contribution < -0.4 is 31.4 Å². The molecule has 0 atom stereocenters. The van der Waals surface area contributed by atoms with Crippen LogP contribution in [0.5, 0.6) is 11.5 Å². The van der Waals surface area contributed by atoms with Gasteiger partial charge in [0.15, 0.2) is 11.5 Å². The van der Waals surface area contributed by atoms with Crippen molar-refractivity contribution in [2.45, 2.75) is 0 Å². The average molecular weight is 354 g/mol. The van der Waals surface area contributed by atoms with Gasteiger partial charge in [0.2, 0.25) is 0 Å². The van der Waals surface area contributed by atoms with E-state index in [4.69, 9.17) is 21.1 Å². The Balaban J connectivity index is 1.99. The predicted octanol–water partition coefficient (Wildman–Crippen LogP) is 1.03. The van der Waals surface area contributed by atoms with Gasteiger partial charge in [0.25, 0.3) is 11.8 Å². The summed E-state index contributed by atoms with van der Waals surface area (Å²) in [4.78, 5) is 25.8. The molecule has 2 amide bonds. The van der Waals surface area contributed by atoms with Crippen molar-refractivity contribution in [2.24, 2.45) is 5.84 Å². The van der Waals surface area contributed by atoms with Crippen LogP contribution in [0.4, 0.5) is 11.4 Å². The SMILES string of the molecule is COc1ccc(/C=C2/Oc3ccc(N)cc3N(CC(=O)NN)C2=O)cc1. The number of methoxy groups -OCH3 is 1. The molecule has 0 bridgehead atoms. The zero-order valence-electron chi connectivity index (χ0n) is 14.1. The lowest BCUT2D eigenvalue weighted by atomic mass is 10.1. The summed E-state index contributed by atoms with van der Waals surface area (Å²) in [5.41, 5.74) is 9.41. The fourth-order valence-corrected chi connectivity index (χ4v) is 2.53. The van der Waals surface area contributed by atoms with Crippen LogP contribution in [0, 0.1) is 0 Å². The van der Waals surface area contributed by atoms with E-state index in [1.54, 1.807) is 55.7 Å². The van der Waals surface area contributed by atoms with E-state index >= 15 is 0 Å². The second kappa shape index (κ2) is 7.16. The molecule has 1 heterocycles. The van der Waals surface area contributed by atoms with Crippen LogP contribution in [-0.2, 0) is 9.59 Å². The average Bonchev–Trinajstić information content (AvgIpc) is 2.66. The van der Waals surface area contributed by atoms with Crippen LogP contribution in [0.15, 0.2) is 48.2 Å². The molecule has 26 heavy (non-hydrogen) atoms. The van der Waals surface area contributed by atoms with Gasteiger partial charge in [0.05, 0.1) is 12.8 Å². The van der Waals surface area contributed by atoms with E-state index in [2.05, 4.69) is 0 Å². The molecule has 1 aliphatic heterocycles. The number of nitrogen functional groups attached to an aromatic ring is 1. The molecule has 2 aromatic carbocycles. The number of nitrogens with two attached hydrogens (primary N) is 2. The summed E-state index contributed by atoms with van der Waals surface area (Å²) in [6.45, 7) is -0.255. The maximum atomic E-state index is 12.8. The summed E-state index contributed by atoms with van der Waals surface area (Å²) < 4.78 is 10.8. The number of carbonyl (C=O) groups excluding carboxylic acids is 2. The van der Waals surface area contributed by atoms with Crippen molar-refractivity contribution in [1.29, 1.82) is 0 Å². The second-order valence-electron chi connectivity index (χ2n) is 5.57. The Morgan fingerprint density at radius 3 is 2.65 bits per heavy atom. The Hall–Kier alpha value is -3.52. The number of hydrazine groups is 1. The van der Waals surface area contributed by atoms with Gasteiger partial charge in [0.1, 0.15) is 12.3 Å². The van der Waals surface area contributed by atoms with E-state index in [1.165, 1.54) is 4.90 Å². The van der Waals surface area contributed by atoms with Gasteiger partial charge in [-0.15, -0.1) is 0 Å². The first-order valence-electron chi connectivity index (χ1n) is 7.76. The summed E-state index contributed by atoms with van der Waals surface area (Å²) in [5.74, 6) is 5.36. The standard InChI is InChI=1S/C18H18N4O4/c1-25-13-5-2-11(3-6-13)8-16-18(24)22(10-17(23)21-20)14-9-12(19)4-7-15(14)26-16/h2-9H,10,19-20H2,1H3,(H,21,23)/b16-8+. The maximum Gasteiger partial charge on any atom is 0.294 e. The number of amides is 2. The number of anilines is 2. The summed E-state index contributed by atoms with van der Waals surface area (Å²) in [7, 11) is 1.57. The van der Waals surface area contributed by atoms with Crippen molar-refractivity contribution >= 4 is 29.3 Å². The molecule has 0 unspecified atom stereocenters. The number of nitrogens with zero attached hydrogens (tertiary/aromatic N) is 1.